The Kier molecular flexibility index (Phi) is 8.89. The van der Waals surface area contributed by atoms with Gasteiger partial charge in [0.1, 0.15) is 5.69 Å². The van der Waals surface area contributed by atoms with Crippen molar-refractivity contribution < 1.29 is 9.72 Å². The molecule has 1 unspecified atom stereocenters. The lowest BCUT2D eigenvalue weighted by Crippen LogP contribution is -2.33. The standard InChI is InChI=1S/C21H26N4O3.ClH/c26-21(23-12-10-17-7-4-11-22-14-17)18-8-9-19(20(13-18)25(27)28)24-15-16-5-2-1-3-6-16;/h1-3,5-6,8-9,13,17,22,24H,4,7,10-12,14-15H2,(H,23,26);1H. The van der Waals surface area contributed by atoms with Crippen molar-refractivity contribution in [3.8, 4) is 0 Å². The van der Waals surface area contributed by atoms with Crippen LogP contribution in [0.2, 0.25) is 0 Å². The number of hydrogen-bond donors (Lipinski definition) is 3. The molecule has 156 valence electrons. The molecule has 1 saturated heterocycles. The first-order valence-corrected chi connectivity index (χ1v) is 9.68. The van der Waals surface area contributed by atoms with Crippen molar-refractivity contribution >= 4 is 29.7 Å². The van der Waals surface area contributed by atoms with E-state index in [1.807, 2.05) is 30.3 Å². The van der Waals surface area contributed by atoms with Gasteiger partial charge in [-0.3, -0.25) is 14.9 Å². The summed E-state index contributed by atoms with van der Waals surface area (Å²) < 4.78 is 0. The summed E-state index contributed by atoms with van der Waals surface area (Å²) in [5.41, 5.74) is 1.63. The Balaban J connectivity index is 0.00000300. The predicted molar refractivity (Wildman–Crippen MR) is 117 cm³/mol. The summed E-state index contributed by atoms with van der Waals surface area (Å²) in [6.07, 6.45) is 3.26. The van der Waals surface area contributed by atoms with Gasteiger partial charge >= 0.3 is 0 Å². The number of hydrogen-bond acceptors (Lipinski definition) is 5. The summed E-state index contributed by atoms with van der Waals surface area (Å²) in [6.45, 7) is 3.11. The van der Waals surface area contributed by atoms with Gasteiger partial charge in [-0.05, 0) is 56.0 Å². The number of nitro groups is 1. The van der Waals surface area contributed by atoms with Gasteiger partial charge in [0, 0.05) is 24.7 Å². The Hall–Kier alpha value is -2.64. The number of nitro benzene ring substituents is 1. The summed E-state index contributed by atoms with van der Waals surface area (Å²) in [7, 11) is 0. The summed E-state index contributed by atoms with van der Waals surface area (Å²) in [6, 6.07) is 14.2. The zero-order chi connectivity index (χ0) is 19.8. The van der Waals surface area contributed by atoms with Crippen LogP contribution in [-0.4, -0.2) is 30.5 Å². The molecule has 0 radical (unpaired) electrons. The summed E-state index contributed by atoms with van der Waals surface area (Å²) >= 11 is 0. The van der Waals surface area contributed by atoms with Gasteiger partial charge in [-0.25, -0.2) is 0 Å². The lowest BCUT2D eigenvalue weighted by Gasteiger charge is -2.22. The van der Waals surface area contributed by atoms with Crippen LogP contribution in [0, 0.1) is 16.0 Å². The van der Waals surface area contributed by atoms with Crippen LogP contribution < -0.4 is 16.0 Å². The van der Waals surface area contributed by atoms with E-state index in [9.17, 15) is 14.9 Å². The first kappa shape index (κ1) is 22.6. The Bertz CT molecular complexity index is 811. The van der Waals surface area contributed by atoms with Crippen molar-refractivity contribution in [3.63, 3.8) is 0 Å². The van der Waals surface area contributed by atoms with E-state index in [0.717, 1.165) is 25.1 Å². The quantitative estimate of drug-likeness (QED) is 0.448. The Labute approximate surface area is 176 Å². The van der Waals surface area contributed by atoms with E-state index in [4.69, 9.17) is 0 Å². The number of nitrogens with zero attached hydrogens (tertiary/aromatic N) is 1. The van der Waals surface area contributed by atoms with Crippen molar-refractivity contribution in [3.05, 3.63) is 69.8 Å². The molecule has 0 bridgehead atoms. The van der Waals surface area contributed by atoms with Crippen molar-refractivity contribution in [2.24, 2.45) is 5.92 Å². The highest BCUT2D eigenvalue weighted by molar-refractivity contribution is 5.95. The molecule has 0 aliphatic carbocycles. The van der Waals surface area contributed by atoms with Gasteiger partial charge in [-0.2, -0.15) is 0 Å². The van der Waals surface area contributed by atoms with Crippen LogP contribution in [0.15, 0.2) is 48.5 Å². The van der Waals surface area contributed by atoms with Gasteiger partial charge in [0.05, 0.1) is 4.92 Å². The van der Waals surface area contributed by atoms with E-state index in [0.29, 0.717) is 30.3 Å². The van der Waals surface area contributed by atoms with Crippen LogP contribution in [0.4, 0.5) is 11.4 Å². The van der Waals surface area contributed by atoms with Crippen molar-refractivity contribution in [2.45, 2.75) is 25.8 Å². The van der Waals surface area contributed by atoms with Gasteiger partial charge in [-0.1, -0.05) is 30.3 Å². The van der Waals surface area contributed by atoms with Gasteiger partial charge in [0.2, 0.25) is 0 Å². The van der Waals surface area contributed by atoms with Crippen LogP contribution in [0.3, 0.4) is 0 Å². The zero-order valence-corrected chi connectivity index (χ0v) is 17.0. The molecule has 1 atom stereocenters. The third kappa shape index (κ3) is 6.73. The summed E-state index contributed by atoms with van der Waals surface area (Å²) in [5, 5.41) is 20.8. The van der Waals surface area contributed by atoms with Crippen LogP contribution >= 0.6 is 12.4 Å². The van der Waals surface area contributed by atoms with Crippen LogP contribution in [0.1, 0.15) is 35.2 Å². The third-order valence-corrected chi connectivity index (χ3v) is 5.02. The first-order chi connectivity index (χ1) is 13.6. The number of carbonyl (C=O) groups is 1. The molecule has 1 fully saturated rings. The van der Waals surface area contributed by atoms with Crippen LogP contribution in [0.5, 0.6) is 0 Å². The molecule has 29 heavy (non-hydrogen) atoms. The first-order valence-electron chi connectivity index (χ1n) is 9.68. The summed E-state index contributed by atoms with van der Waals surface area (Å²) in [5.74, 6) is 0.300. The molecule has 1 aliphatic rings. The van der Waals surface area contributed by atoms with E-state index in [1.54, 1.807) is 12.1 Å². The predicted octanol–water partition coefficient (Wildman–Crippen LogP) is 3.75. The highest BCUT2D eigenvalue weighted by Gasteiger charge is 2.18. The molecule has 2 aromatic rings. The summed E-state index contributed by atoms with van der Waals surface area (Å²) in [4.78, 5) is 23.4. The van der Waals surface area contributed by atoms with Crippen molar-refractivity contribution in [2.75, 3.05) is 25.0 Å². The zero-order valence-electron chi connectivity index (χ0n) is 16.2. The molecule has 1 aliphatic heterocycles. The molecule has 0 spiro atoms. The minimum atomic E-state index is -0.461. The Morgan fingerprint density at radius 1 is 1.21 bits per heavy atom. The number of carbonyl (C=O) groups excluding carboxylic acids is 1. The number of rotatable bonds is 8. The van der Waals surface area contributed by atoms with Gasteiger partial charge < -0.3 is 16.0 Å². The van der Waals surface area contributed by atoms with E-state index in [2.05, 4.69) is 16.0 Å². The second-order valence-electron chi connectivity index (χ2n) is 7.09. The lowest BCUT2D eigenvalue weighted by molar-refractivity contribution is -0.384. The Morgan fingerprint density at radius 3 is 2.69 bits per heavy atom. The van der Waals surface area contributed by atoms with Crippen LogP contribution in [0.25, 0.3) is 0 Å². The highest BCUT2D eigenvalue weighted by atomic mass is 35.5. The fourth-order valence-electron chi connectivity index (χ4n) is 3.43. The van der Waals surface area contributed by atoms with Crippen molar-refractivity contribution in [1.82, 2.24) is 10.6 Å². The molecule has 3 N–H and O–H groups in total. The Morgan fingerprint density at radius 2 is 2.00 bits per heavy atom. The number of nitrogens with one attached hydrogen (secondary N) is 3. The molecule has 8 heteroatoms. The molecule has 0 saturated carbocycles. The van der Waals surface area contributed by atoms with E-state index < -0.39 is 4.92 Å². The van der Waals surface area contributed by atoms with Gasteiger partial charge in [-0.15, -0.1) is 12.4 Å². The van der Waals surface area contributed by atoms with Gasteiger partial charge in [0.25, 0.3) is 11.6 Å². The molecule has 2 aromatic carbocycles. The molecular weight excluding hydrogens is 392 g/mol. The molecule has 7 nitrogen and oxygen atoms in total. The minimum Gasteiger partial charge on any atom is -0.375 e. The van der Waals surface area contributed by atoms with Crippen LogP contribution in [-0.2, 0) is 6.54 Å². The maximum Gasteiger partial charge on any atom is 0.293 e. The lowest BCUT2D eigenvalue weighted by atomic mass is 9.96. The topological polar surface area (TPSA) is 96.3 Å². The third-order valence-electron chi connectivity index (χ3n) is 5.02. The second-order valence-corrected chi connectivity index (χ2v) is 7.09. The molecule has 0 aromatic heterocycles. The second kappa shape index (κ2) is 11.4. The fraction of sp³-hybridized carbons (Fsp3) is 0.381. The number of anilines is 1. The fourth-order valence-corrected chi connectivity index (χ4v) is 3.43. The SMILES string of the molecule is Cl.O=C(NCCC1CCCNC1)c1ccc(NCc2ccccc2)c([N+](=O)[O-])c1. The van der Waals surface area contributed by atoms with E-state index in [-0.39, 0.29) is 24.0 Å². The minimum absolute atomic E-state index is 0. The average molecular weight is 419 g/mol. The molecule has 1 amide bonds. The average Bonchev–Trinajstić information content (AvgIpc) is 2.73. The number of piperidine rings is 1. The molecular formula is C21H27ClN4O3. The number of amides is 1. The monoisotopic (exact) mass is 418 g/mol. The highest BCUT2D eigenvalue weighted by Crippen LogP contribution is 2.26. The number of halogens is 1. The maximum atomic E-state index is 12.4. The molecule has 3 rings (SSSR count). The largest absolute Gasteiger partial charge is 0.375 e. The van der Waals surface area contributed by atoms with Gasteiger partial charge in [0.15, 0.2) is 0 Å². The number of benzene rings is 2. The van der Waals surface area contributed by atoms with Crippen molar-refractivity contribution in [1.29, 1.82) is 0 Å². The van der Waals surface area contributed by atoms with E-state index >= 15 is 0 Å². The maximum absolute atomic E-state index is 12.4. The normalized spacial score (nSPS) is 15.8. The molecule has 1 heterocycles. The smallest absolute Gasteiger partial charge is 0.293 e. The van der Waals surface area contributed by atoms with E-state index in [1.165, 1.54) is 18.9 Å².